The van der Waals surface area contributed by atoms with Gasteiger partial charge in [0.25, 0.3) is 0 Å². The van der Waals surface area contributed by atoms with Crippen LogP contribution in [0.2, 0.25) is 5.02 Å². The first-order valence-corrected chi connectivity index (χ1v) is 8.38. The van der Waals surface area contributed by atoms with E-state index in [0.29, 0.717) is 0 Å². The number of hydrogen-bond donors (Lipinski definition) is 0. The molecule has 0 aliphatic rings. The largest absolute Gasteiger partial charge is 0.308 e. The van der Waals surface area contributed by atoms with Crippen LogP contribution in [0.5, 0.6) is 0 Å². The average Bonchev–Trinajstić information content (AvgIpc) is 3.11. The van der Waals surface area contributed by atoms with Gasteiger partial charge in [-0.1, -0.05) is 35.9 Å². The van der Waals surface area contributed by atoms with Crippen LogP contribution in [-0.4, -0.2) is 39.5 Å². The van der Waals surface area contributed by atoms with Crippen LogP contribution in [0.4, 0.5) is 0 Å². The van der Waals surface area contributed by atoms with Crippen LogP contribution in [0.15, 0.2) is 54.7 Å². The van der Waals surface area contributed by atoms with E-state index in [1.54, 1.807) is 0 Å². The van der Waals surface area contributed by atoms with Crippen LogP contribution in [-0.2, 0) is 6.54 Å². The Labute approximate surface area is 145 Å². The number of halogens is 1. The first-order chi connectivity index (χ1) is 11.6. The van der Waals surface area contributed by atoms with Crippen molar-refractivity contribution >= 4 is 28.4 Å². The summed E-state index contributed by atoms with van der Waals surface area (Å²) in [5.74, 6) is 0.975. The standard InChI is InChI=1S/C19H19ClN4/c1-22(2)11-12-23-17-5-3-4-6-18(17)24-13-16(21-19(23)24)14-7-9-15(20)10-8-14/h3-10,13H,11-12H2,1-2H3. The zero-order chi connectivity index (χ0) is 16.7. The molecule has 4 nitrogen and oxygen atoms in total. The van der Waals surface area contributed by atoms with Crippen LogP contribution in [0.1, 0.15) is 0 Å². The van der Waals surface area contributed by atoms with Gasteiger partial charge in [-0.15, -0.1) is 0 Å². The molecule has 0 fully saturated rings. The molecule has 0 aliphatic carbocycles. The molecule has 0 spiro atoms. The van der Waals surface area contributed by atoms with E-state index in [9.17, 15) is 0 Å². The van der Waals surface area contributed by atoms with Crippen LogP contribution < -0.4 is 0 Å². The summed E-state index contributed by atoms with van der Waals surface area (Å²) in [5.41, 5.74) is 4.43. The fourth-order valence-electron chi connectivity index (χ4n) is 3.02. The van der Waals surface area contributed by atoms with Crippen molar-refractivity contribution in [1.82, 2.24) is 18.9 Å². The molecule has 0 radical (unpaired) electrons. The van der Waals surface area contributed by atoms with Crippen molar-refractivity contribution in [3.63, 3.8) is 0 Å². The van der Waals surface area contributed by atoms with Crippen molar-refractivity contribution in [2.75, 3.05) is 20.6 Å². The molecule has 0 unspecified atom stereocenters. The molecule has 0 bridgehead atoms. The SMILES string of the molecule is CN(C)CCn1c2ccccc2n2cc(-c3ccc(Cl)cc3)nc12. The van der Waals surface area contributed by atoms with Crippen molar-refractivity contribution in [3.05, 3.63) is 59.8 Å². The molecule has 122 valence electrons. The topological polar surface area (TPSA) is 25.5 Å². The molecule has 2 aromatic heterocycles. The van der Waals surface area contributed by atoms with E-state index in [0.717, 1.165) is 35.1 Å². The second kappa shape index (κ2) is 5.96. The highest BCUT2D eigenvalue weighted by molar-refractivity contribution is 6.30. The Morgan fingerprint density at radius 1 is 1.00 bits per heavy atom. The first-order valence-electron chi connectivity index (χ1n) is 8.00. The molecular weight excluding hydrogens is 320 g/mol. The van der Waals surface area contributed by atoms with E-state index < -0.39 is 0 Å². The molecule has 4 rings (SSSR count). The molecule has 0 saturated carbocycles. The molecule has 0 N–H and O–H groups in total. The van der Waals surface area contributed by atoms with E-state index in [1.165, 1.54) is 11.0 Å². The number of hydrogen-bond acceptors (Lipinski definition) is 2. The molecule has 4 aromatic rings. The number of fused-ring (bicyclic) bond motifs is 3. The molecule has 0 atom stereocenters. The van der Waals surface area contributed by atoms with Gasteiger partial charge in [0.2, 0.25) is 5.78 Å². The number of aromatic nitrogens is 3. The van der Waals surface area contributed by atoms with E-state index in [1.807, 2.05) is 24.3 Å². The Kier molecular flexibility index (Phi) is 3.79. The lowest BCUT2D eigenvalue weighted by atomic mass is 10.2. The fraction of sp³-hybridized carbons (Fsp3) is 0.211. The fourth-order valence-corrected chi connectivity index (χ4v) is 3.15. The summed E-state index contributed by atoms with van der Waals surface area (Å²) in [7, 11) is 4.18. The van der Waals surface area contributed by atoms with Crippen molar-refractivity contribution in [2.24, 2.45) is 0 Å². The maximum absolute atomic E-state index is 6.00. The maximum Gasteiger partial charge on any atom is 0.215 e. The summed E-state index contributed by atoms with van der Waals surface area (Å²) >= 11 is 6.00. The maximum atomic E-state index is 6.00. The second-order valence-electron chi connectivity index (χ2n) is 6.25. The number of nitrogens with zero attached hydrogens (tertiary/aromatic N) is 4. The minimum absolute atomic E-state index is 0.739. The number of rotatable bonds is 4. The zero-order valence-electron chi connectivity index (χ0n) is 13.8. The van der Waals surface area contributed by atoms with Crippen molar-refractivity contribution in [2.45, 2.75) is 6.54 Å². The first kappa shape index (κ1) is 15.2. The Balaban J connectivity index is 1.89. The predicted molar refractivity (Wildman–Crippen MR) is 99.7 cm³/mol. The van der Waals surface area contributed by atoms with Gasteiger partial charge in [0.1, 0.15) is 0 Å². The van der Waals surface area contributed by atoms with E-state index in [2.05, 4.69) is 58.4 Å². The van der Waals surface area contributed by atoms with Crippen LogP contribution in [0.3, 0.4) is 0 Å². The van der Waals surface area contributed by atoms with Gasteiger partial charge in [0.05, 0.1) is 16.7 Å². The molecule has 0 aliphatic heterocycles. The van der Waals surface area contributed by atoms with Crippen molar-refractivity contribution in [1.29, 1.82) is 0 Å². The second-order valence-corrected chi connectivity index (χ2v) is 6.68. The zero-order valence-corrected chi connectivity index (χ0v) is 14.5. The molecule has 2 aromatic carbocycles. The summed E-state index contributed by atoms with van der Waals surface area (Å²) < 4.78 is 4.46. The van der Waals surface area contributed by atoms with E-state index in [-0.39, 0.29) is 0 Å². The Morgan fingerprint density at radius 3 is 2.42 bits per heavy atom. The smallest absolute Gasteiger partial charge is 0.215 e. The summed E-state index contributed by atoms with van der Waals surface area (Å²) in [4.78, 5) is 7.08. The van der Waals surface area contributed by atoms with Crippen LogP contribution in [0, 0.1) is 0 Å². The lowest BCUT2D eigenvalue weighted by Crippen LogP contribution is -2.18. The lowest BCUT2D eigenvalue weighted by molar-refractivity contribution is 0.388. The van der Waals surface area contributed by atoms with Gasteiger partial charge in [-0.2, -0.15) is 0 Å². The van der Waals surface area contributed by atoms with Gasteiger partial charge < -0.3 is 9.47 Å². The van der Waals surface area contributed by atoms with Crippen molar-refractivity contribution < 1.29 is 0 Å². The number of imidazole rings is 2. The van der Waals surface area contributed by atoms with Gasteiger partial charge in [-0.05, 0) is 38.4 Å². The van der Waals surface area contributed by atoms with Gasteiger partial charge >= 0.3 is 0 Å². The minimum atomic E-state index is 0.739. The molecular formula is C19H19ClN4. The lowest BCUT2D eigenvalue weighted by Gasteiger charge is -2.10. The molecule has 5 heteroatoms. The third-order valence-corrected chi connectivity index (χ3v) is 4.52. The predicted octanol–water partition coefficient (Wildman–Crippen LogP) is 4.17. The number of benzene rings is 2. The summed E-state index contributed by atoms with van der Waals surface area (Å²) in [6.45, 7) is 1.87. The quantitative estimate of drug-likeness (QED) is 0.558. The Hall–Kier alpha value is -2.30. The molecule has 0 saturated heterocycles. The molecule has 0 amide bonds. The molecule has 2 heterocycles. The van der Waals surface area contributed by atoms with Gasteiger partial charge in [0, 0.05) is 29.9 Å². The third kappa shape index (κ3) is 2.58. The normalized spacial score (nSPS) is 11.8. The summed E-state index contributed by atoms with van der Waals surface area (Å²) in [6, 6.07) is 16.3. The van der Waals surface area contributed by atoms with E-state index in [4.69, 9.17) is 16.6 Å². The van der Waals surface area contributed by atoms with Crippen LogP contribution in [0.25, 0.3) is 28.1 Å². The Morgan fingerprint density at radius 2 is 1.71 bits per heavy atom. The monoisotopic (exact) mass is 338 g/mol. The highest BCUT2D eigenvalue weighted by Gasteiger charge is 2.14. The highest BCUT2D eigenvalue weighted by Crippen LogP contribution is 2.26. The summed E-state index contributed by atoms with van der Waals surface area (Å²) in [5, 5.41) is 0.739. The average molecular weight is 339 g/mol. The van der Waals surface area contributed by atoms with Gasteiger partial charge in [0.15, 0.2) is 0 Å². The van der Waals surface area contributed by atoms with E-state index >= 15 is 0 Å². The van der Waals surface area contributed by atoms with Gasteiger partial charge in [-0.3, -0.25) is 4.40 Å². The summed E-state index contributed by atoms with van der Waals surface area (Å²) in [6.07, 6.45) is 2.10. The van der Waals surface area contributed by atoms with Crippen molar-refractivity contribution in [3.8, 4) is 11.3 Å². The Bertz CT molecular complexity index is 995. The molecule has 24 heavy (non-hydrogen) atoms. The number of likely N-dealkylation sites (N-methyl/N-ethyl adjacent to an activating group) is 1. The minimum Gasteiger partial charge on any atom is -0.308 e. The number of para-hydroxylation sites is 2. The highest BCUT2D eigenvalue weighted by atomic mass is 35.5. The van der Waals surface area contributed by atoms with Gasteiger partial charge in [-0.25, -0.2) is 4.98 Å². The third-order valence-electron chi connectivity index (χ3n) is 4.27. The van der Waals surface area contributed by atoms with Crippen LogP contribution >= 0.6 is 11.6 Å².